The van der Waals surface area contributed by atoms with Crippen molar-refractivity contribution in [2.24, 2.45) is 0 Å². The summed E-state index contributed by atoms with van der Waals surface area (Å²) in [7, 11) is -3.71. The average molecular weight is 880 g/mol. The van der Waals surface area contributed by atoms with Crippen LogP contribution in [0.5, 0.6) is 0 Å². The molecule has 1 aliphatic heterocycles. The highest BCUT2D eigenvalue weighted by atomic mass is 35.5. The molecule has 0 fully saturated rings. The molecule has 308 valence electrons. The van der Waals surface area contributed by atoms with Crippen LogP contribution < -0.4 is 25.7 Å². The van der Waals surface area contributed by atoms with Crippen molar-refractivity contribution in [3.05, 3.63) is 50.2 Å². The first-order valence-corrected chi connectivity index (χ1v) is 22.1. The topological polar surface area (TPSA) is 260 Å². The molecule has 1 aromatic carbocycles. The zero-order valence-corrected chi connectivity index (χ0v) is 35.9. The average Bonchev–Trinajstić information content (AvgIpc) is 3.34. The maximum atomic E-state index is 12.7. The van der Waals surface area contributed by atoms with E-state index in [1.165, 1.54) is 11.0 Å². The number of carboxylic acids is 1. The van der Waals surface area contributed by atoms with E-state index in [0.717, 1.165) is 12.8 Å². The van der Waals surface area contributed by atoms with Crippen molar-refractivity contribution in [2.45, 2.75) is 58.9 Å². The van der Waals surface area contributed by atoms with Crippen LogP contribution in [0.15, 0.2) is 34.4 Å². The van der Waals surface area contributed by atoms with Gasteiger partial charge in [0.2, 0.25) is 17.2 Å². The van der Waals surface area contributed by atoms with Crippen LogP contribution in [0.2, 0.25) is 10.3 Å². The number of esters is 1. The third kappa shape index (κ3) is 18.4. The highest BCUT2D eigenvalue weighted by molar-refractivity contribution is 7.94. The lowest BCUT2D eigenvalue weighted by Gasteiger charge is -2.17. The summed E-state index contributed by atoms with van der Waals surface area (Å²) in [6.07, 6.45) is 10.3. The molecular formula is C34H46Cl3N8O9PS. The molecule has 22 heteroatoms. The SMILES string of the molecule is CCNc1nc(Cl)nc(NC(C)(C)C#N)n1.CCOC(=O)/C(Cl)=C/c1cc(N2C(=O)C3=C(CCCC3)C2=O)ccc1Cl.C[S+](C)C.O=C(O)CNCP(=O)([O-])O. The zero-order valence-electron chi connectivity index (χ0n) is 31.9. The second kappa shape index (κ2) is 24.1. The largest absolute Gasteiger partial charge is 0.778 e. The number of halogens is 3. The lowest BCUT2D eigenvalue weighted by atomic mass is 9.93. The minimum atomic E-state index is -4.35. The number of hydrogen-bond acceptors (Lipinski definition) is 14. The van der Waals surface area contributed by atoms with Crippen molar-refractivity contribution in [1.82, 2.24) is 20.3 Å². The van der Waals surface area contributed by atoms with Gasteiger partial charge in [-0.2, -0.15) is 20.2 Å². The number of nitrogens with zero attached hydrogens (tertiary/aromatic N) is 5. The van der Waals surface area contributed by atoms with Gasteiger partial charge in [0.05, 0.1) is 50.0 Å². The highest BCUT2D eigenvalue weighted by Gasteiger charge is 2.39. The van der Waals surface area contributed by atoms with E-state index in [-0.39, 0.29) is 34.7 Å². The first kappa shape index (κ1) is 50.2. The number of imide groups is 1. The number of carbonyl (C=O) groups is 4. The number of anilines is 3. The first-order valence-electron chi connectivity index (χ1n) is 16.8. The number of hydrogen-bond donors (Lipinski definition) is 5. The molecule has 1 atom stereocenters. The van der Waals surface area contributed by atoms with Crippen molar-refractivity contribution in [2.75, 3.05) is 60.3 Å². The van der Waals surface area contributed by atoms with Crippen LogP contribution in [0.4, 0.5) is 17.6 Å². The van der Waals surface area contributed by atoms with Gasteiger partial charge in [-0.1, -0.05) is 23.2 Å². The summed E-state index contributed by atoms with van der Waals surface area (Å²) in [5.74, 6) is -1.73. The second-order valence-electron chi connectivity index (χ2n) is 12.5. The van der Waals surface area contributed by atoms with E-state index >= 15 is 0 Å². The molecule has 0 saturated heterocycles. The number of ether oxygens (including phenoxy) is 1. The van der Waals surface area contributed by atoms with Crippen molar-refractivity contribution in [1.29, 1.82) is 5.26 Å². The van der Waals surface area contributed by atoms with E-state index in [4.69, 9.17) is 54.8 Å². The molecule has 0 saturated carbocycles. The predicted molar refractivity (Wildman–Crippen MR) is 218 cm³/mol. The molecule has 2 aliphatic rings. The predicted octanol–water partition coefficient (Wildman–Crippen LogP) is 4.56. The number of amides is 2. The fourth-order valence-corrected chi connectivity index (χ4v) is 5.30. The standard InChI is InChI=1S/C19H17Cl2NO4.C9H13ClN6.C3H8NO5P.C3H9S/c1-2-26-19(25)16(21)10-11-9-12(7-8-15(11)20)22-17(23)13-5-3-4-6-14(13)18(22)24;1-4-12-7-13-6(10)14-8(15-7)16-9(2,3)5-11;5-3(6)1-4-2-10(7,8)9;1-4(2)3/h7-10H,2-6H2,1H3;4H2,1-3H3,(H2,12,13,14,15,16);4H,1-2H2,(H,5,6)(H2,7,8,9);1-3H3/q;;;+1/p-1/b16-10-;;;. The van der Waals surface area contributed by atoms with Gasteiger partial charge in [0.25, 0.3) is 11.8 Å². The molecule has 5 N–H and O–H groups in total. The quantitative estimate of drug-likeness (QED) is 0.0644. The van der Waals surface area contributed by atoms with Crippen molar-refractivity contribution in [3.8, 4) is 6.07 Å². The minimum Gasteiger partial charge on any atom is -0.778 e. The van der Waals surface area contributed by atoms with E-state index in [2.05, 4.69) is 50.4 Å². The van der Waals surface area contributed by atoms with Crippen molar-refractivity contribution >= 4 is 101 Å². The summed E-state index contributed by atoms with van der Waals surface area (Å²) in [6, 6.07) is 6.82. The van der Waals surface area contributed by atoms with Crippen molar-refractivity contribution in [3.63, 3.8) is 0 Å². The number of carbonyl (C=O) groups excluding carboxylic acids is 3. The molecule has 0 bridgehead atoms. The van der Waals surface area contributed by atoms with Gasteiger partial charge in [0, 0.05) is 22.7 Å². The van der Waals surface area contributed by atoms with Gasteiger partial charge < -0.3 is 34.8 Å². The summed E-state index contributed by atoms with van der Waals surface area (Å²) < 4.78 is 14.8. The smallest absolute Gasteiger partial charge is 0.349 e. The minimum absolute atomic E-state index is 0.0854. The van der Waals surface area contributed by atoms with Crippen molar-refractivity contribution < 1.29 is 43.4 Å². The molecule has 4 rings (SSSR count). The Balaban J connectivity index is 0.000000444. The van der Waals surface area contributed by atoms with Gasteiger partial charge in [0.15, 0.2) is 0 Å². The van der Waals surface area contributed by atoms with Gasteiger partial charge in [-0.15, -0.1) is 0 Å². The van der Waals surface area contributed by atoms with Crippen LogP contribution in [-0.4, -0.2) is 99.0 Å². The Bertz CT molecular complexity index is 1840. The maximum absolute atomic E-state index is 12.7. The third-order valence-corrected chi connectivity index (χ3v) is 8.02. The number of aromatic nitrogens is 3. The second-order valence-corrected chi connectivity index (χ2v) is 17.7. The van der Waals surface area contributed by atoms with Crippen LogP contribution in [0.3, 0.4) is 0 Å². The number of carboxylic acid groups (broad SMARTS) is 1. The van der Waals surface area contributed by atoms with E-state index in [9.17, 15) is 28.6 Å². The Kier molecular flexibility index (Phi) is 21.6. The van der Waals surface area contributed by atoms with E-state index in [1.54, 1.807) is 39.0 Å². The number of nitriles is 1. The van der Waals surface area contributed by atoms with Gasteiger partial charge in [-0.3, -0.25) is 19.7 Å². The Morgan fingerprint density at radius 2 is 1.64 bits per heavy atom. The summed E-state index contributed by atoms with van der Waals surface area (Å²) in [4.78, 5) is 77.8. The van der Waals surface area contributed by atoms with Gasteiger partial charge >= 0.3 is 11.9 Å². The van der Waals surface area contributed by atoms with Gasteiger partial charge in [-0.05, 0) is 106 Å². The third-order valence-electron chi connectivity index (χ3n) is 6.62. The summed E-state index contributed by atoms with van der Waals surface area (Å²) in [6.45, 7) is 7.44. The van der Waals surface area contributed by atoms with Gasteiger partial charge in [0.1, 0.15) is 18.2 Å². The Morgan fingerprint density at radius 1 is 1.09 bits per heavy atom. The number of nitrogens with one attached hydrogen (secondary N) is 3. The molecule has 1 unspecified atom stereocenters. The Morgan fingerprint density at radius 3 is 2.12 bits per heavy atom. The summed E-state index contributed by atoms with van der Waals surface area (Å²) in [5, 5.41) is 24.9. The highest BCUT2D eigenvalue weighted by Crippen LogP contribution is 2.37. The van der Waals surface area contributed by atoms with Gasteiger partial charge in [-0.25, -0.2) is 9.69 Å². The first-order chi connectivity index (χ1) is 26.0. The molecular weight excluding hydrogens is 834 g/mol. The van der Waals surface area contributed by atoms with E-state index in [0.29, 0.717) is 63.6 Å². The molecule has 0 spiro atoms. The molecule has 0 radical (unpaired) electrons. The van der Waals surface area contributed by atoms with Crippen LogP contribution in [0.25, 0.3) is 6.08 Å². The van der Waals surface area contributed by atoms with Crippen LogP contribution >= 0.6 is 42.4 Å². The molecule has 2 amide bonds. The normalized spacial score (nSPS) is 14.8. The summed E-state index contributed by atoms with van der Waals surface area (Å²) >= 11 is 17.9. The molecule has 2 aromatic rings. The van der Waals surface area contributed by atoms with E-state index < -0.39 is 37.9 Å². The fraction of sp³-hybridized carbons (Fsp3) is 0.471. The molecule has 56 heavy (non-hydrogen) atoms. The lowest BCUT2D eigenvalue weighted by Crippen LogP contribution is -2.31. The summed E-state index contributed by atoms with van der Waals surface area (Å²) in [5.41, 5.74) is 1.29. The fourth-order valence-electron chi connectivity index (χ4n) is 4.41. The molecule has 17 nitrogen and oxygen atoms in total. The number of aliphatic carboxylic acids is 1. The lowest BCUT2D eigenvalue weighted by molar-refractivity contribution is -0.193. The Labute approximate surface area is 343 Å². The van der Waals surface area contributed by atoms with Crippen LogP contribution in [-0.2, 0) is 39.4 Å². The molecule has 2 heterocycles. The molecule has 1 aromatic heterocycles. The maximum Gasteiger partial charge on any atom is 0.349 e. The van der Waals surface area contributed by atoms with Crippen LogP contribution in [0.1, 0.15) is 58.9 Å². The number of benzene rings is 1. The number of rotatable bonds is 12. The zero-order chi connectivity index (χ0) is 42.8. The Hall–Kier alpha value is -3.79. The monoisotopic (exact) mass is 878 g/mol. The van der Waals surface area contributed by atoms with Crippen LogP contribution in [0, 0.1) is 11.3 Å². The molecule has 1 aliphatic carbocycles. The van der Waals surface area contributed by atoms with E-state index in [1.807, 2.05) is 12.2 Å².